The van der Waals surface area contributed by atoms with Crippen LogP contribution in [0.25, 0.3) is 0 Å². The fourth-order valence-electron chi connectivity index (χ4n) is 6.48. The normalized spacial score (nSPS) is 27.7. The van der Waals surface area contributed by atoms with Gasteiger partial charge in [0.1, 0.15) is 15.8 Å². The van der Waals surface area contributed by atoms with E-state index < -0.39 is 51.3 Å². The number of anilines is 1. The zero-order valence-electron chi connectivity index (χ0n) is 20.3. The van der Waals surface area contributed by atoms with E-state index in [2.05, 4.69) is 5.32 Å². The number of carbonyl (C=O) groups is 3. The van der Waals surface area contributed by atoms with Gasteiger partial charge in [0.15, 0.2) is 0 Å². The van der Waals surface area contributed by atoms with Crippen LogP contribution in [0.15, 0.2) is 66.7 Å². The van der Waals surface area contributed by atoms with Crippen LogP contribution in [0, 0.1) is 17.8 Å². The minimum atomic E-state index is -1.31. The van der Waals surface area contributed by atoms with Crippen molar-refractivity contribution >= 4 is 69.8 Å². The van der Waals surface area contributed by atoms with Gasteiger partial charge in [-0.3, -0.25) is 19.3 Å². The number of benzene rings is 3. The third-order valence-corrected chi connectivity index (χ3v) is 9.82. The second-order valence-electron chi connectivity index (χ2n) is 10.3. The predicted molar refractivity (Wildman–Crippen MR) is 149 cm³/mol. The van der Waals surface area contributed by atoms with Crippen molar-refractivity contribution in [3.63, 3.8) is 0 Å². The molecule has 0 spiro atoms. The first kappa shape index (κ1) is 25.7. The Hall–Kier alpha value is -2.57. The van der Waals surface area contributed by atoms with Gasteiger partial charge >= 0.3 is 0 Å². The van der Waals surface area contributed by atoms with E-state index in [4.69, 9.17) is 46.4 Å². The minimum Gasteiger partial charge on any atom is -0.323 e. The second kappa shape index (κ2) is 8.72. The highest BCUT2D eigenvalue weighted by Crippen LogP contribution is 2.69. The summed E-state index contributed by atoms with van der Waals surface area (Å²) in [5.41, 5.74) is 3.15. The number of hydrogen-bond donors (Lipinski definition) is 1. The van der Waals surface area contributed by atoms with E-state index in [1.54, 1.807) is 26.0 Å². The zero-order valence-corrected chi connectivity index (χ0v) is 23.4. The molecule has 3 aromatic carbocycles. The van der Waals surface area contributed by atoms with Crippen molar-refractivity contribution < 1.29 is 14.4 Å². The van der Waals surface area contributed by atoms with Crippen molar-refractivity contribution in [1.29, 1.82) is 0 Å². The van der Waals surface area contributed by atoms with Gasteiger partial charge in [-0.1, -0.05) is 85.6 Å². The van der Waals surface area contributed by atoms with Crippen molar-refractivity contribution in [3.8, 4) is 0 Å². The molecule has 1 fully saturated rings. The number of likely N-dealkylation sites (tertiary alicyclic amines) is 1. The van der Waals surface area contributed by atoms with E-state index >= 15 is 0 Å². The highest BCUT2D eigenvalue weighted by molar-refractivity contribution is 6.37. The van der Waals surface area contributed by atoms with Crippen LogP contribution in [0.4, 0.5) is 5.69 Å². The Morgan fingerprint density at radius 2 is 1.26 bits per heavy atom. The standard InChI is InChI=1S/C29H22Cl4N2O3/c1-14(2)24(25(36)34-21-12-11-15(30)13-20(21)31)35-26(37)22-23(27(35)38)29(33)17-8-4-3-7-16(17)28(22,32)18-9-5-6-10-19(18)29/h3-14,22-24H,1-2H3,(H,34,36)/t22-,23-,24-,28?,29?/m0/s1. The monoisotopic (exact) mass is 586 g/mol. The largest absolute Gasteiger partial charge is 0.323 e. The number of halogens is 4. The van der Waals surface area contributed by atoms with Crippen molar-refractivity contribution in [3.05, 3.63) is 99.0 Å². The number of alkyl halides is 2. The quantitative estimate of drug-likeness (QED) is 0.278. The molecular weight excluding hydrogens is 566 g/mol. The van der Waals surface area contributed by atoms with E-state index in [-0.39, 0.29) is 5.02 Å². The summed E-state index contributed by atoms with van der Waals surface area (Å²) in [7, 11) is 0. The van der Waals surface area contributed by atoms with Crippen molar-refractivity contribution in [1.82, 2.24) is 4.90 Å². The Morgan fingerprint density at radius 1 is 0.816 bits per heavy atom. The molecule has 38 heavy (non-hydrogen) atoms. The molecule has 2 bridgehead atoms. The average Bonchev–Trinajstić information content (AvgIpc) is 3.15. The summed E-state index contributed by atoms with van der Waals surface area (Å²) in [6.07, 6.45) is 0. The summed E-state index contributed by atoms with van der Waals surface area (Å²) >= 11 is 27.2. The number of amides is 3. The molecule has 7 rings (SSSR count). The molecule has 194 valence electrons. The summed E-state index contributed by atoms with van der Waals surface area (Å²) in [6.45, 7) is 3.56. The zero-order chi connectivity index (χ0) is 27.1. The van der Waals surface area contributed by atoms with Crippen LogP contribution in [0.3, 0.4) is 0 Å². The SMILES string of the molecule is CC(C)[C@@H](C(=O)Nc1ccc(Cl)cc1Cl)N1C(=O)[C@@H]2[C@@H](C1=O)C1(Cl)c3ccccc3C2(Cl)c2ccccc21. The molecule has 3 amide bonds. The summed E-state index contributed by atoms with van der Waals surface area (Å²) in [4.78, 5) is 40.6. The summed E-state index contributed by atoms with van der Waals surface area (Å²) in [5.74, 6) is -3.94. The molecule has 1 aliphatic heterocycles. The summed E-state index contributed by atoms with van der Waals surface area (Å²) in [6, 6.07) is 18.4. The topological polar surface area (TPSA) is 66.5 Å². The van der Waals surface area contributed by atoms with Crippen LogP contribution in [-0.4, -0.2) is 28.7 Å². The number of rotatable bonds is 4. The Labute approximate surface area is 240 Å². The number of carbonyl (C=O) groups excluding carboxylic acids is 3. The molecule has 0 aromatic heterocycles. The van der Waals surface area contributed by atoms with Gasteiger partial charge in [-0.25, -0.2) is 0 Å². The van der Waals surface area contributed by atoms with E-state index in [0.29, 0.717) is 33.0 Å². The highest BCUT2D eigenvalue weighted by atomic mass is 35.5. The molecule has 5 nitrogen and oxygen atoms in total. The molecule has 1 heterocycles. The van der Waals surface area contributed by atoms with Crippen molar-refractivity contribution in [2.24, 2.45) is 17.8 Å². The first-order valence-electron chi connectivity index (χ1n) is 12.2. The van der Waals surface area contributed by atoms with E-state index in [0.717, 1.165) is 4.90 Å². The molecule has 3 atom stereocenters. The van der Waals surface area contributed by atoms with Gasteiger partial charge in [0.2, 0.25) is 17.7 Å². The van der Waals surface area contributed by atoms with Crippen LogP contribution in [-0.2, 0) is 24.1 Å². The highest BCUT2D eigenvalue weighted by Gasteiger charge is 2.73. The lowest BCUT2D eigenvalue weighted by Gasteiger charge is -2.54. The van der Waals surface area contributed by atoms with Crippen molar-refractivity contribution in [2.45, 2.75) is 29.6 Å². The van der Waals surface area contributed by atoms with E-state index in [1.165, 1.54) is 6.07 Å². The molecule has 3 aromatic rings. The van der Waals surface area contributed by atoms with E-state index in [1.807, 2.05) is 48.5 Å². The number of nitrogens with zero attached hydrogens (tertiary/aromatic N) is 1. The molecular formula is C29H22Cl4N2O3. The van der Waals surface area contributed by atoms with Gasteiger partial charge in [0, 0.05) is 5.02 Å². The molecule has 0 radical (unpaired) electrons. The van der Waals surface area contributed by atoms with Gasteiger partial charge in [0.25, 0.3) is 0 Å². The van der Waals surface area contributed by atoms with Gasteiger partial charge in [-0.2, -0.15) is 0 Å². The smallest absolute Gasteiger partial charge is 0.247 e. The van der Waals surface area contributed by atoms with Crippen LogP contribution in [0.5, 0.6) is 0 Å². The average molecular weight is 588 g/mol. The maximum atomic E-state index is 14.3. The molecule has 0 unspecified atom stereocenters. The third-order valence-electron chi connectivity index (χ3n) is 7.99. The van der Waals surface area contributed by atoms with Gasteiger partial charge in [-0.15, -0.1) is 23.2 Å². The molecule has 1 N–H and O–H groups in total. The number of imide groups is 1. The first-order valence-corrected chi connectivity index (χ1v) is 13.7. The van der Waals surface area contributed by atoms with Gasteiger partial charge in [0.05, 0.1) is 22.5 Å². The fraction of sp³-hybridized carbons (Fsp3) is 0.276. The van der Waals surface area contributed by atoms with Crippen LogP contribution < -0.4 is 5.32 Å². The maximum absolute atomic E-state index is 14.3. The lowest BCUT2D eigenvalue weighted by molar-refractivity contribution is -0.148. The van der Waals surface area contributed by atoms with Gasteiger partial charge < -0.3 is 5.32 Å². The third kappa shape index (κ3) is 3.22. The van der Waals surface area contributed by atoms with Crippen LogP contribution >= 0.6 is 46.4 Å². The molecule has 1 saturated heterocycles. The minimum absolute atomic E-state index is 0.240. The first-order chi connectivity index (χ1) is 18.0. The summed E-state index contributed by atoms with van der Waals surface area (Å²) < 4.78 is 0. The van der Waals surface area contributed by atoms with Crippen molar-refractivity contribution in [2.75, 3.05) is 5.32 Å². The Bertz CT molecular complexity index is 1420. The van der Waals surface area contributed by atoms with Crippen LogP contribution in [0.2, 0.25) is 10.0 Å². The van der Waals surface area contributed by atoms with E-state index in [9.17, 15) is 14.4 Å². The second-order valence-corrected chi connectivity index (χ2v) is 12.4. The number of nitrogens with one attached hydrogen (secondary N) is 1. The number of hydrogen-bond acceptors (Lipinski definition) is 3. The lowest BCUT2D eigenvalue weighted by atomic mass is 9.54. The fourth-order valence-corrected chi connectivity index (χ4v) is 8.03. The molecule has 0 saturated carbocycles. The lowest BCUT2D eigenvalue weighted by Crippen LogP contribution is -2.57. The predicted octanol–water partition coefficient (Wildman–Crippen LogP) is 6.55. The Kier molecular flexibility index (Phi) is 5.90. The Morgan fingerprint density at radius 3 is 1.66 bits per heavy atom. The molecule has 9 heteroatoms. The van der Waals surface area contributed by atoms with Gasteiger partial charge in [-0.05, 0) is 46.4 Å². The maximum Gasteiger partial charge on any atom is 0.247 e. The molecule has 4 aliphatic rings. The summed E-state index contributed by atoms with van der Waals surface area (Å²) in [5, 5.41) is 3.42. The van der Waals surface area contributed by atoms with Crippen LogP contribution in [0.1, 0.15) is 36.1 Å². The Balaban J connectivity index is 1.48. The molecule has 3 aliphatic carbocycles.